The molecule has 38 heavy (non-hydrogen) atoms. The highest BCUT2D eigenvalue weighted by Crippen LogP contribution is 2.44. The van der Waals surface area contributed by atoms with Crippen LogP contribution < -0.4 is 15.0 Å². The second-order valence-corrected chi connectivity index (χ2v) is 10.1. The summed E-state index contributed by atoms with van der Waals surface area (Å²) >= 11 is 12.6. The number of aromatic nitrogens is 2. The molecule has 2 aromatic heterocycles. The molecule has 0 spiro atoms. The maximum atomic E-state index is 6.66. The van der Waals surface area contributed by atoms with Crippen LogP contribution in [0, 0.1) is 13.8 Å². The Balaban J connectivity index is 1.56. The monoisotopic (exact) mass is 546 g/mol. The van der Waals surface area contributed by atoms with Crippen molar-refractivity contribution in [3.63, 3.8) is 0 Å². The number of halogens is 1. The van der Waals surface area contributed by atoms with Gasteiger partial charge in [-0.15, -0.1) is 0 Å². The molecule has 2 unspecified atom stereocenters. The lowest BCUT2D eigenvalue weighted by Crippen LogP contribution is -2.29. The Hall–Kier alpha value is -3.39. The standard InChI is InChI=1S/C30H31ClN4O2S/c1-20-17-24(21(2)34(20)19-22-9-5-4-6-10-22)29-28(26-11-7-8-14-32-26)33-30(38)35(29)23-12-13-27(25(31)18-23)37-16-15-36-3/h4-14,17-18,28-29H,15-16,19H2,1-3H3,(H,33,38). The van der Waals surface area contributed by atoms with Gasteiger partial charge >= 0.3 is 0 Å². The van der Waals surface area contributed by atoms with Crippen molar-refractivity contribution < 1.29 is 9.47 Å². The van der Waals surface area contributed by atoms with Gasteiger partial charge in [0.1, 0.15) is 12.4 Å². The lowest BCUT2D eigenvalue weighted by molar-refractivity contribution is 0.146. The summed E-state index contributed by atoms with van der Waals surface area (Å²) < 4.78 is 13.2. The van der Waals surface area contributed by atoms with Crippen LogP contribution in [-0.2, 0) is 11.3 Å². The predicted molar refractivity (Wildman–Crippen MR) is 156 cm³/mol. The molecule has 1 saturated heterocycles. The summed E-state index contributed by atoms with van der Waals surface area (Å²) in [5, 5.41) is 4.70. The Kier molecular flexibility index (Phi) is 7.98. The first kappa shape index (κ1) is 26.2. The summed E-state index contributed by atoms with van der Waals surface area (Å²) in [6.07, 6.45) is 1.82. The van der Waals surface area contributed by atoms with Crippen LogP contribution >= 0.6 is 23.8 Å². The van der Waals surface area contributed by atoms with Gasteiger partial charge in [0.2, 0.25) is 0 Å². The molecule has 0 saturated carbocycles. The Morgan fingerprint density at radius 1 is 1.00 bits per heavy atom. The number of hydrogen-bond acceptors (Lipinski definition) is 4. The van der Waals surface area contributed by atoms with Crippen LogP contribution in [0.25, 0.3) is 0 Å². The molecule has 8 heteroatoms. The maximum absolute atomic E-state index is 6.66. The zero-order valence-electron chi connectivity index (χ0n) is 21.7. The molecule has 3 heterocycles. The van der Waals surface area contributed by atoms with Crippen LogP contribution in [0.1, 0.15) is 40.3 Å². The van der Waals surface area contributed by atoms with Crippen molar-refractivity contribution in [1.82, 2.24) is 14.9 Å². The van der Waals surface area contributed by atoms with Gasteiger partial charge in [-0.05, 0) is 73.6 Å². The second kappa shape index (κ2) is 11.6. The van der Waals surface area contributed by atoms with E-state index in [1.807, 2.05) is 48.7 Å². The van der Waals surface area contributed by atoms with Crippen LogP contribution in [0.4, 0.5) is 5.69 Å². The van der Waals surface area contributed by atoms with Crippen molar-refractivity contribution >= 4 is 34.6 Å². The molecule has 2 aromatic carbocycles. The van der Waals surface area contributed by atoms with Crippen molar-refractivity contribution in [3.8, 4) is 5.75 Å². The van der Waals surface area contributed by atoms with Gasteiger partial charge < -0.3 is 24.3 Å². The molecule has 0 amide bonds. The fourth-order valence-corrected chi connectivity index (χ4v) is 5.65. The fourth-order valence-electron chi connectivity index (χ4n) is 5.08. The molecule has 0 bridgehead atoms. The van der Waals surface area contributed by atoms with E-state index in [2.05, 4.69) is 63.9 Å². The van der Waals surface area contributed by atoms with E-state index in [-0.39, 0.29) is 12.1 Å². The number of nitrogens with zero attached hydrogens (tertiary/aromatic N) is 3. The Bertz CT molecular complexity index is 1410. The molecule has 2 atom stereocenters. The first-order valence-corrected chi connectivity index (χ1v) is 13.4. The van der Waals surface area contributed by atoms with Gasteiger partial charge in [-0.1, -0.05) is 48.0 Å². The number of ether oxygens (including phenoxy) is 2. The summed E-state index contributed by atoms with van der Waals surface area (Å²) in [7, 11) is 1.64. The van der Waals surface area contributed by atoms with E-state index in [4.69, 9.17) is 33.3 Å². The molecule has 0 radical (unpaired) electrons. The van der Waals surface area contributed by atoms with E-state index < -0.39 is 0 Å². The van der Waals surface area contributed by atoms with Gasteiger partial charge in [0, 0.05) is 36.9 Å². The zero-order valence-corrected chi connectivity index (χ0v) is 23.3. The van der Waals surface area contributed by atoms with Gasteiger partial charge in [0.15, 0.2) is 5.11 Å². The molecular weight excluding hydrogens is 516 g/mol. The van der Waals surface area contributed by atoms with Crippen LogP contribution in [0.2, 0.25) is 5.02 Å². The number of hydrogen-bond donors (Lipinski definition) is 1. The average Bonchev–Trinajstić information content (AvgIpc) is 3.41. The van der Waals surface area contributed by atoms with Gasteiger partial charge in [-0.2, -0.15) is 0 Å². The number of pyridine rings is 1. The van der Waals surface area contributed by atoms with Crippen molar-refractivity contribution in [3.05, 3.63) is 112 Å². The molecule has 1 N–H and O–H groups in total. The minimum absolute atomic E-state index is 0.121. The number of aryl methyl sites for hydroxylation is 1. The molecular formula is C30H31ClN4O2S. The number of nitrogens with one attached hydrogen (secondary N) is 1. The van der Waals surface area contributed by atoms with E-state index in [1.54, 1.807) is 7.11 Å². The summed E-state index contributed by atoms with van der Waals surface area (Å²) in [4.78, 5) is 6.83. The lowest BCUT2D eigenvalue weighted by atomic mass is 9.96. The molecule has 196 valence electrons. The average molecular weight is 547 g/mol. The third-order valence-electron chi connectivity index (χ3n) is 6.95. The number of anilines is 1. The third kappa shape index (κ3) is 5.27. The van der Waals surface area contributed by atoms with Crippen molar-refractivity contribution in [2.24, 2.45) is 0 Å². The summed E-state index contributed by atoms with van der Waals surface area (Å²) in [5.74, 6) is 0.615. The molecule has 5 rings (SSSR count). The maximum Gasteiger partial charge on any atom is 0.174 e. The molecule has 1 aliphatic rings. The SMILES string of the molecule is COCCOc1ccc(N2C(=S)NC(c3ccccn3)C2c2cc(C)n(Cc3ccccc3)c2C)cc1Cl. The largest absolute Gasteiger partial charge is 0.490 e. The first-order valence-electron chi connectivity index (χ1n) is 12.6. The molecule has 4 aromatic rings. The van der Waals surface area contributed by atoms with Crippen molar-refractivity contribution in [1.29, 1.82) is 0 Å². The fraction of sp³-hybridized carbons (Fsp3) is 0.267. The smallest absolute Gasteiger partial charge is 0.174 e. The van der Waals surface area contributed by atoms with E-state index in [9.17, 15) is 0 Å². The third-order valence-corrected chi connectivity index (χ3v) is 7.56. The van der Waals surface area contributed by atoms with Gasteiger partial charge in [0.25, 0.3) is 0 Å². The van der Waals surface area contributed by atoms with Crippen LogP contribution in [0.15, 0.2) is 79.0 Å². The number of methoxy groups -OCH3 is 1. The van der Waals surface area contributed by atoms with Gasteiger partial charge in [0.05, 0.1) is 29.4 Å². The predicted octanol–water partition coefficient (Wildman–Crippen LogP) is 6.40. The van der Waals surface area contributed by atoms with Crippen molar-refractivity contribution in [2.45, 2.75) is 32.5 Å². The van der Waals surface area contributed by atoms with Crippen LogP contribution in [-0.4, -0.2) is 35.0 Å². The van der Waals surface area contributed by atoms with Gasteiger partial charge in [-0.3, -0.25) is 4.98 Å². The summed E-state index contributed by atoms with van der Waals surface area (Å²) in [6, 6.07) is 24.3. The van der Waals surface area contributed by atoms with Crippen molar-refractivity contribution in [2.75, 3.05) is 25.2 Å². The second-order valence-electron chi connectivity index (χ2n) is 9.35. The number of rotatable bonds is 9. The highest BCUT2D eigenvalue weighted by atomic mass is 35.5. The Morgan fingerprint density at radius 2 is 1.79 bits per heavy atom. The van der Waals surface area contributed by atoms with Crippen LogP contribution in [0.5, 0.6) is 5.75 Å². The minimum Gasteiger partial charge on any atom is -0.490 e. The van der Waals surface area contributed by atoms with E-state index >= 15 is 0 Å². The van der Waals surface area contributed by atoms with Gasteiger partial charge in [-0.25, -0.2) is 0 Å². The van der Waals surface area contributed by atoms with Crippen LogP contribution in [0.3, 0.4) is 0 Å². The Morgan fingerprint density at radius 3 is 2.50 bits per heavy atom. The molecule has 1 aliphatic heterocycles. The molecule has 0 aliphatic carbocycles. The van der Waals surface area contributed by atoms with E-state index in [0.717, 1.165) is 17.9 Å². The Labute approximate surface area is 234 Å². The quantitative estimate of drug-likeness (QED) is 0.193. The summed E-state index contributed by atoms with van der Waals surface area (Å²) in [5.41, 5.74) is 6.66. The van der Waals surface area contributed by atoms with E-state index in [1.165, 1.54) is 22.5 Å². The van der Waals surface area contributed by atoms with E-state index in [0.29, 0.717) is 29.1 Å². The zero-order chi connectivity index (χ0) is 26.6. The lowest BCUT2D eigenvalue weighted by Gasteiger charge is -2.28. The topological polar surface area (TPSA) is 51.6 Å². The summed E-state index contributed by atoms with van der Waals surface area (Å²) in [6.45, 7) is 6.06. The highest BCUT2D eigenvalue weighted by Gasteiger charge is 2.42. The number of benzene rings is 2. The molecule has 1 fully saturated rings. The number of thiocarbonyl (C=S) groups is 1. The first-order chi connectivity index (χ1) is 18.5. The highest BCUT2D eigenvalue weighted by molar-refractivity contribution is 7.80. The molecule has 6 nitrogen and oxygen atoms in total. The minimum atomic E-state index is -0.134. The normalized spacial score (nSPS) is 17.1.